The van der Waals surface area contributed by atoms with Crippen LogP contribution in [-0.2, 0) is 21.4 Å². The summed E-state index contributed by atoms with van der Waals surface area (Å²) in [7, 11) is 3.47. The van der Waals surface area contributed by atoms with Gasteiger partial charge in [-0.2, -0.15) is 0 Å². The fourth-order valence-electron chi connectivity index (χ4n) is 5.09. The van der Waals surface area contributed by atoms with Crippen LogP contribution in [0.15, 0.2) is 24.3 Å². The van der Waals surface area contributed by atoms with Crippen LogP contribution in [0.5, 0.6) is 11.5 Å². The standard InChI is InChI=1S/C18H17NO4/c1-19-11-7-9-3-6-13(22-2)16-15(9)18(8-14(19)21)10(11)4-5-12(20)17(18)23-16/h3-6,10-11,17H,7-8H2,1-2H3/t10-,11+,17+,18-/m1/s1. The van der Waals surface area contributed by atoms with Gasteiger partial charge in [0.15, 0.2) is 23.4 Å². The fraction of sp³-hybridized carbons (Fsp3) is 0.444. The van der Waals surface area contributed by atoms with Gasteiger partial charge in [0.05, 0.1) is 12.5 Å². The molecular formula is C18H17NO4. The minimum Gasteiger partial charge on any atom is -0.493 e. The highest BCUT2D eigenvalue weighted by Crippen LogP contribution is 2.62. The zero-order valence-electron chi connectivity index (χ0n) is 13.0. The molecule has 5 nitrogen and oxygen atoms in total. The summed E-state index contributed by atoms with van der Waals surface area (Å²) in [6.07, 6.45) is 4.12. The van der Waals surface area contributed by atoms with Crippen molar-refractivity contribution in [2.75, 3.05) is 14.2 Å². The molecule has 0 saturated carbocycles. The van der Waals surface area contributed by atoms with E-state index < -0.39 is 11.5 Å². The number of likely N-dealkylation sites (tertiary alicyclic amines) is 1. The molecule has 0 radical (unpaired) electrons. The third-order valence-electron chi connectivity index (χ3n) is 6.10. The normalized spacial score (nSPS) is 35.9. The van der Waals surface area contributed by atoms with Gasteiger partial charge in [0.1, 0.15) is 0 Å². The van der Waals surface area contributed by atoms with Gasteiger partial charge in [-0.05, 0) is 24.1 Å². The second-order valence-electron chi connectivity index (χ2n) is 6.91. The second kappa shape index (κ2) is 3.96. The first kappa shape index (κ1) is 13.2. The van der Waals surface area contributed by atoms with E-state index in [9.17, 15) is 9.59 Å². The molecule has 0 N–H and O–H groups in total. The van der Waals surface area contributed by atoms with Crippen LogP contribution in [0, 0.1) is 5.92 Å². The van der Waals surface area contributed by atoms with Gasteiger partial charge in [-0.15, -0.1) is 0 Å². The summed E-state index contributed by atoms with van der Waals surface area (Å²) in [5.74, 6) is 1.46. The van der Waals surface area contributed by atoms with Gasteiger partial charge in [-0.1, -0.05) is 12.1 Å². The molecule has 2 heterocycles. The molecule has 1 aromatic rings. The Morgan fingerprint density at radius 1 is 1.35 bits per heavy atom. The van der Waals surface area contributed by atoms with Crippen LogP contribution in [0.4, 0.5) is 0 Å². The Kier molecular flexibility index (Phi) is 2.27. The quantitative estimate of drug-likeness (QED) is 0.783. The lowest BCUT2D eigenvalue weighted by Crippen LogP contribution is -2.65. The van der Waals surface area contributed by atoms with E-state index >= 15 is 0 Å². The first-order chi connectivity index (χ1) is 11.1. The van der Waals surface area contributed by atoms with Crippen molar-refractivity contribution in [3.63, 3.8) is 0 Å². The van der Waals surface area contributed by atoms with Crippen molar-refractivity contribution in [3.05, 3.63) is 35.4 Å². The Morgan fingerprint density at radius 3 is 2.96 bits per heavy atom. The Bertz CT molecular complexity index is 798. The fourth-order valence-corrected chi connectivity index (χ4v) is 5.09. The predicted molar refractivity (Wildman–Crippen MR) is 81.6 cm³/mol. The van der Waals surface area contributed by atoms with Gasteiger partial charge in [0.2, 0.25) is 5.91 Å². The number of carbonyl (C=O) groups is 2. The van der Waals surface area contributed by atoms with Crippen LogP contribution in [-0.4, -0.2) is 42.9 Å². The molecule has 1 fully saturated rings. The summed E-state index contributed by atoms with van der Waals surface area (Å²) in [5.41, 5.74) is 1.65. The van der Waals surface area contributed by atoms with Gasteiger partial charge in [-0.25, -0.2) is 0 Å². The molecule has 1 spiro atoms. The summed E-state index contributed by atoms with van der Waals surface area (Å²) >= 11 is 0. The molecule has 1 saturated heterocycles. The number of ketones is 1. The van der Waals surface area contributed by atoms with Crippen LogP contribution in [0.2, 0.25) is 0 Å². The van der Waals surface area contributed by atoms with E-state index in [4.69, 9.17) is 9.47 Å². The largest absolute Gasteiger partial charge is 0.493 e. The third-order valence-corrected chi connectivity index (χ3v) is 6.10. The number of benzene rings is 1. The maximum absolute atomic E-state index is 12.6. The number of ether oxygens (including phenoxy) is 2. The zero-order valence-corrected chi connectivity index (χ0v) is 13.0. The van der Waals surface area contributed by atoms with Gasteiger partial charge in [0.25, 0.3) is 0 Å². The Balaban J connectivity index is 1.86. The van der Waals surface area contributed by atoms with Crippen LogP contribution < -0.4 is 9.47 Å². The molecule has 2 bridgehead atoms. The van der Waals surface area contributed by atoms with Gasteiger partial charge >= 0.3 is 0 Å². The minimum absolute atomic E-state index is 0.0524. The predicted octanol–water partition coefficient (Wildman–Crippen LogP) is 1.24. The molecule has 2 aliphatic carbocycles. The zero-order chi connectivity index (χ0) is 15.9. The molecule has 5 rings (SSSR count). The van der Waals surface area contributed by atoms with E-state index in [1.54, 1.807) is 13.2 Å². The Morgan fingerprint density at radius 2 is 2.17 bits per heavy atom. The molecule has 1 amide bonds. The summed E-state index contributed by atoms with van der Waals surface area (Å²) in [4.78, 5) is 27.0. The summed E-state index contributed by atoms with van der Waals surface area (Å²) in [6, 6.07) is 4.04. The first-order valence-electron chi connectivity index (χ1n) is 7.92. The van der Waals surface area contributed by atoms with Crippen LogP contribution in [0.3, 0.4) is 0 Å². The van der Waals surface area contributed by atoms with Crippen molar-refractivity contribution in [3.8, 4) is 11.5 Å². The van der Waals surface area contributed by atoms with Crippen molar-refractivity contribution in [1.29, 1.82) is 0 Å². The molecule has 2 aliphatic heterocycles. The topological polar surface area (TPSA) is 55.8 Å². The highest BCUT2D eigenvalue weighted by molar-refractivity contribution is 5.99. The summed E-state index contributed by atoms with van der Waals surface area (Å²) < 4.78 is 11.5. The molecule has 1 aromatic carbocycles. The Hall–Kier alpha value is -2.30. The highest BCUT2D eigenvalue weighted by atomic mass is 16.5. The lowest BCUT2D eigenvalue weighted by molar-refractivity contribution is -0.145. The number of piperidine rings is 1. The number of nitrogens with zero attached hydrogens (tertiary/aromatic N) is 1. The smallest absolute Gasteiger partial charge is 0.223 e. The molecule has 23 heavy (non-hydrogen) atoms. The highest BCUT2D eigenvalue weighted by Gasteiger charge is 2.66. The van der Waals surface area contributed by atoms with Crippen LogP contribution in [0.25, 0.3) is 0 Å². The Labute approximate surface area is 133 Å². The minimum atomic E-state index is -0.608. The molecule has 118 valence electrons. The summed E-state index contributed by atoms with van der Waals surface area (Å²) in [5, 5.41) is 0. The van der Waals surface area contributed by atoms with Crippen LogP contribution in [0.1, 0.15) is 17.5 Å². The number of methoxy groups -OCH3 is 1. The molecule has 0 aromatic heterocycles. The third kappa shape index (κ3) is 1.31. The van der Waals surface area contributed by atoms with E-state index in [2.05, 4.69) is 6.07 Å². The van der Waals surface area contributed by atoms with Crippen molar-refractivity contribution < 1.29 is 19.1 Å². The monoisotopic (exact) mass is 311 g/mol. The van der Waals surface area contributed by atoms with Crippen LogP contribution >= 0.6 is 0 Å². The van der Waals surface area contributed by atoms with E-state index in [0.717, 1.165) is 12.0 Å². The van der Waals surface area contributed by atoms with Gasteiger partial charge < -0.3 is 14.4 Å². The first-order valence-corrected chi connectivity index (χ1v) is 7.92. The lowest BCUT2D eigenvalue weighted by Gasteiger charge is -2.54. The van der Waals surface area contributed by atoms with Crippen molar-refractivity contribution in [2.45, 2.75) is 30.4 Å². The lowest BCUT2D eigenvalue weighted by atomic mass is 9.53. The SMILES string of the molecule is COc1ccc2c3c1O[C@H]1C(=O)C=C[C@@H]4[C@H](C2)N(C)C(=O)C[C@]341. The maximum atomic E-state index is 12.6. The maximum Gasteiger partial charge on any atom is 0.223 e. The molecule has 4 aliphatic rings. The second-order valence-corrected chi connectivity index (χ2v) is 6.91. The number of rotatable bonds is 1. The molecule has 5 heteroatoms. The van der Waals surface area contributed by atoms with Gasteiger partial charge in [0, 0.05) is 31.0 Å². The molecular weight excluding hydrogens is 294 g/mol. The molecule has 0 unspecified atom stereocenters. The number of amides is 1. The average Bonchev–Trinajstić information content (AvgIpc) is 2.89. The van der Waals surface area contributed by atoms with E-state index in [1.807, 2.05) is 24.1 Å². The van der Waals surface area contributed by atoms with E-state index in [1.165, 1.54) is 5.56 Å². The van der Waals surface area contributed by atoms with Gasteiger partial charge in [-0.3, -0.25) is 9.59 Å². The van der Waals surface area contributed by atoms with E-state index in [0.29, 0.717) is 17.9 Å². The van der Waals surface area contributed by atoms with E-state index in [-0.39, 0.29) is 23.7 Å². The number of likely N-dealkylation sites (N-methyl/N-ethyl adjacent to an activating group) is 1. The number of hydrogen-bond donors (Lipinski definition) is 0. The van der Waals surface area contributed by atoms with Crippen molar-refractivity contribution in [1.82, 2.24) is 4.90 Å². The average molecular weight is 311 g/mol. The number of carbonyl (C=O) groups excluding carboxylic acids is 2. The van der Waals surface area contributed by atoms with Crippen molar-refractivity contribution in [2.24, 2.45) is 5.92 Å². The van der Waals surface area contributed by atoms with Crippen molar-refractivity contribution >= 4 is 11.7 Å². The summed E-state index contributed by atoms with van der Waals surface area (Å²) in [6.45, 7) is 0. The molecule has 4 atom stereocenters. The number of hydrogen-bond acceptors (Lipinski definition) is 4.